The van der Waals surface area contributed by atoms with Crippen LogP contribution in [0.1, 0.15) is 17.3 Å². The van der Waals surface area contributed by atoms with Crippen molar-refractivity contribution in [2.75, 3.05) is 17.7 Å². The lowest BCUT2D eigenvalue weighted by atomic mass is 10.2. The maximum atomic E-state index is 13.1. The number of rotatable bonds is 6. The van der Waals surface area contributed by atoms with Gasteiger partial charge in [0.2, 0.25) is 0 Å². The molecule has 0 fully saturated rings. The van der Waals surface area contributed by atoms with E-state index < -0.39 is 40.0 Å². The van der Waals surface area contributed by atoms with Gasteiger partial charge in [-0.05, 0) is 24.3 Å². The second kappa shape index (κ2) is 8.05. The Hall–Kier alpha value is -2.81. The van der Waals surface area contributed by atoms with Gasteiger partial charge in [-0.1, -0.05) is 19.1 Å². The van der Waals surface area contributed by atoms with Gasteiger partial charge in [-0.2, -0.15) is 0 Å². The van der Waals surface area contributed by atoms with Crippen molar-refractivity contribution in [1.29, 1.82) is 0 Å². The lowest BCUT2D eigenvalue weighted by Gasteiger charge is -2.10. The zero-order valence-corrected chi connectivity index (χ0v) is 14.5. The average molecular weight is 383 g/mol. The van der Waals surface area contributed by atoms with Crippen LogP contribution < -0.4 is 5.32 Å². The Morgan fingerprint density at radius 3 is 2.42 bits per heavy atom. The first-order valence-electron chi connectivity index (χ1n) is 7.48. The van der Waals surface area contributed by atoms with Gasteiger partial charge in [0, 0.05) is 11.8 Å². The van der Waals surface area contributed by atoms with Gasteiger partial charge in [0.05, 0.1) is 16.2 Å². The van der Waals surface area contributed by atoms with Gasteiger partial charge in [0.1, 0.15) is 0 Å². The SMILES string of the molecule is CCS(=O)(=O)c1ccccc1C(=O)OCC(=O)Nc1ccc(F)c(F)c1. The van der Waals surface area contributed by atoms with Gasteiger partial charge in [-0.25, -0.2) is 22.0 Å². The van der Waals surface area contributed by atoms with E-state index in [1.165, 1.54) is 31.2 Å². The summed E-state index contributed by atoms with van der Waals surface area (Å²) >= 11 is 0. The minimum atomic E-state index is -3.65. The van der Waals surface area contributed by atoms with Gasteiger partial charge >= 0.3 is 5.97 Å². The van der Waals surface area contributed by atoms with Crippen molar-refractivity contribution in [3.05, 3.63) is 59.7 Å². The Morgan fingerprint density at radius 2 is 1.77 bits per heavy atom. The van der Waals surface area contributed by atoms with Crippen LogP contribution in [0.4, 0.5) is 14.5 Å². The molecule has 2 rings (SSSR count). The van der Waals surface area contributed by atoms with E-state index in [9.17, 15) is 26.8 Å². The highest BCUT2D eigenvalue weighted by molar-refractivity contribution is 7.91. The molecular weight excluding hydrogens is 368 g/mol. The standard InChI is InChI=1S/C17H15F2NO5S/c1-2-26(23,24)15-6-4-3-5-12(15)17(22)25-10-16(21)20-11-7-8-13(18)14(19)9-11/h3-9H,2,10H2,1H3,(H,20,21). The molecule has 0 unspecified atom stereocenters. The molecule has 0 radical (unpaired) electrons. The fourth-order valence-corrected chi connectivity index (χ4v) is 3.13. The van der Waals surface area contributed by atoms with Crippen molar-refractivity contribution >= 4 is 27.4 Å². The molecule has 0 aliphatic carbocycles. The van der Waals surface area contributed by atoms with Crippen LogP contribution in [0.15, 0.2) is 47.4 Å². The molecule has 0 heterocycles. The molecule has 0 aliphatic rings. The third-order valence-corrected chi connectivity index (χ3v) is 5.15. The summed E-state index contributed by atoms with van der Waals surface area (Å²) < 4.78 is 54.8. The number of carbonyl (C=O) groups is 2. The van der Waals surface area contributed by atoms with Crippen LogP contribution >= 0.6 is 0 Å². The smallest absolute Gasteiger partial charge is 0.339 e. The lowest BCUT2D eigenvalue weighted by Crippen LogP contribution is -2.22. The van der Waals surface area contributed by atoms with E-state index >= 15 is 0 Å². The zero-order chi connectivity index (χ0) is 19.3. The summed E-state index contributed by atoms with van der Waals surface area (Å²) in [7, 11) is -3.65. The minimum Gasteiger partial charge on any atom is -0.452 e. The van der Waals surface area contributed by atoms with E-state index in [4.69, 9.17) is 4.74 Å². The number of nitrogens with one attached hydrogen (secondary N) is 1. The Labute approximate surface area is 148 Å². The second-order valence-corrected chi connectivity index (χ2v) is 7.40. The van der Waals surface area contributed by atoms with Crippen LogP contribution in [-0.4, -0.2) is 32.7 Å². The molecule has 6 nitrogen and oxygen atoms in total. The third-order valence-electron chi connectivity index (χ3n) is 3.36. The molecule has 2 aromatic rings. The fourth-order valence-electron chi connectivity index (χ4n) is 2.04. The van der Waals surface area contributed by atoms with Crippen molar-refractivity contribution in [2.45, 2.75) is 11.8 Å². The first-order chi connectivity index (χ1) is 12.2. The first-order valence-corrected chi connectivity index (χ1v) is 9.13. The second-order valence-electron chi connectivity index (χ2n) is 5.15. The number of anilines is 1. The zero-order valence-electron chi connectivity index (χ0n) is 13.7. The molecule has 2 aromatic carbocycles. The molecule has 0 saturated heterocycles. The molecule has 1 amide bonds. The first kappa shape index (κ1) is 19.5. The molecule has 0 atom stereocenters. The monoisotopic (exact) mass is 383 g/mol. The van der Waals surface area contributed by atoms with Crippen molar-refractivity contribution < 1.29 is 31.5 Å². The Bertz CT molecular complexity index is 944. The highest BCUT2D eigenvalue weighted by Gasteiger charge is 2.22. The van der Waals surface area contributed by atoms with Crippen LogP contribution in [0.2, 0.25) is 0 Å². The number of hydrogen-bond donors (Lipinski definition) is 1. The molecule has 0 bridgehead atoms. The maximum Gasteiger partial charge on any atom is 0.339 e. The summed E-state index contributed by atoms with van der Waals surface area (Å²) in [5.41, 5.74) is -0.200. The third kappa shape index (κ3) is 4.63. The van der Waals surface area contributed by atoms with Gasteiger partial charge in [0.15, 0.2) is 28.1 Å². The summed E-state index contributed by atoms with van der Waals surface area (Å²) in [6, 6.07) is 8.24. The summed E-state index contributed by atoms with van der Waals surface area (Å²) in [5, 5.41) is 2.23. The van der Waals surface area contributed by atoms with Crippen LogP contribution in [0.5, 0.6) is 0 Å². The molecule has 0 saturated carbocycles. The molecule has 0 aliphatic heterocycles. The number of halogens is 2. The van der Waals surface area contributed by atoms with Crippen molar-refractivity contribution in [2.24, 2.45) is 0 Å². The maximum absolute atomic E-state index is 13.1. The number of amides is 1. The highest BCUT2D eigenvalue weighted by Crippen LogP contribution is 2.18. The summed E-state index contributed by atoms with van der Waals surface area (Å²) in [6.07, 6.45) is 0. The Morgan fingerprint density at radius 1 is 1.08 bits per heavy atom. The number of benzene rings is 2. The largest absolute Gasteiger partial charge is 0.452 e. The van der Waals surface area contributed by atoms with Gasteiger partial charge < -0.3 is 10.1 Å². The molecule has 1 N–H and O–H groups in total. The van der Waals surface area contributed by atoms with E-state index in [0.29, 0.717) is 0 Å². The number of carbonyl (C=O) groups excluding carboxylic acids is 2. The number of hydrogen-bond acceptors (Lipinski definition) is 5. The summed E-state index contributed by atoms with van der Waals surface area (Å²) in [6.45, 7) is 0.713. The quantitative estimate of drug-likeness (QED) is 0.775. The Balaban J connectivity index is 2.05. The van der Waals surface area contributed by atoms with Gasteiger partial charge in [-0.15, -0.1) is 0 Å². The number of sulfone groups is 1. The predicted octanol–water partition coefficient (Wildman–Crippen LogP) is 2.55. The molecule has 0 aromatic heterocycles. The van der Waals surface area contributed by atoms with E-state index in [2.05, 4.69) is 5.32 Å². The molecule has 0 spiro atoms. The topological polar surface area (TPSA) is 89.5 Å². The van der Waals surface area contributed by atoms with Crippen molar-refractivity contribution in [3.8, 4) is 0 Å². The number of ether oxygens (including phenoxy) is 1. The van der Waals surface area contributed by atoms with E-state index in [-0.39, 0.29) is 21.9 Å². The summed E-state index contributed by atoms with van der Waals surface area (Å²) in [5.74, 6) is -4.19. The lowest BCUT2D eigenvalue weighted by molar-refractivity contribution is -0.119. The van der Waals surface area contributed by atoms with E-state index in [1.54, 1.807) is 0 Å². The molecule has 9 heteroatoms. The van der Waals surface area contributed by atoms with Gasteiger partial charge in [-0.3, -0.25) is 4.79 Å². The van der Waals surface area contributed by atoms with Crippen molar-refractivity contribution in [3.63, 3.8) is 0 Å². The van der Waals surface area contributed by atoms with Crippen LogP contribution in [0.3, 0.4) is 0 Å². The van der Waals surface area contributed by atoms with Crippen LogP contribution in [0, 0.1) is 11.6 Å². The van der Waals surface area contributed by atoms with Gasteiger partial charge in [0.25, 0.3) is 5.91 Å². The van der Waals surface area contributed by atoms with Crippen molar-refractivity contribution in [1.82, 2.24) is 0 Å². The van der Waals surface area contributed by atoms with E-state index in [1.807, 2.05) is 0 Å². The molecule has 26 heavy (non-hydrogen) atoms. The summed E-state index contributed by atoms with van der Waals surface area (Å²) in [4.78, 5) is 23.7. The fraction of sp³-hybridized carbons (Fsp3) is 0.176. The molecular formula is C17H15F2NO5S. The predicted molar refractivity (Wildman–Crippen MR) is 89.4 cm³/mol. The van der Waals surface area contributed by atoms with Crippen LogP contribution in [0.25, 0.3) is 0 Å². The average Bonchev–Trinajstić information content (AvgIpc) is 2.62. The normalized spacial score (nSPS) is 11.0. The van der Waals surface area contributed by atoms with E-state index in [0.717, 1.165) is 18.2 Å². The Kier molecular flexibility index (Phi) is 6.04. The van der Waals surface area contributed by atoms with Crippen LogP contribution in [-0.2, 0) is 19.4 Å². The molecule has 138 valence electrons. The highest BCUT2D eigenvalue weighted by atomic mass is 32.2. The minimum absolute atomic E-state index is 0.0149. The number of esters is 1.